The monoisotopic (exact) mass is 303 g/mol. The highest BCUT2D eigenvalue weighted by Crippen LogP contribution is 2.38. The number of carboxylic acid groups (broad SMARTS) is 1. The molecule has 6 heteroatoms. The Bertz CT molecular complexity index is 635. The van der Waals surface area contributed by atoms with Crippen LogP contribution in [0.3, 0.4) is 0 Å². The van der Waals surface area contributed by atoms with E-state index in [-0.39, 0.29) is 30.4 Å². The Hall–Kier alpha value is -2.37. The molecule has 3 rings (SSSR count). The highest BCUT2D eigenvalue weighted by atomic mass is 16.5. The number of ketones is 1. The topological polar surface area (TPSA) is 83.9 Å². The van der Waals surface area contributed by atoms with Crippen LogP contribution in [0.2, 0.25) is 0 Å². The molecule has 6 nitrogen and oxygen atoms in total. The number of hydrogen-bond donors (Lipinski definition) is 1. The van der Waals surface area contributed by atoms with Gasteiger partial charge in [0.2, 0.25) is 5.91 Å². The SMILES string of the molecule is O=C(O)CCC(=O)c1ccc2c(c1)N(C(=O)C1CC1)CCO2. The fourth-order valence-electron chi connectivity index (χ4n) is 2.54. The number of carbonyl (C=O) groups excluding carboxylic acids is 2. The lowest BCUT2D eigenvalue weighted by atomic mass is 10.0. The fourth-order valence-corrected chi connectivity index (χ4v) is 2.54. The van der Waals surface area contributed by atoms with Gasteiger partial charge in [-0.1, -0.05) is 0 Å². The van der Waals surface area contributed by atoms with Crippen LogP contribution >= 0.6 is 0 Å². The third-order valence-electron chi connectivity index (χ3n) is 3.90. The molecule has 22 heavy (non-hydrogen) atoms. The van der Waals surface area contributed by atoms with Crippen molar-refractivity contribution in [2.75, 3.05) is 18.1 Å². The standard InChI is InChI=1S/C16H17NO5/c18-13(4-6-15(19)20)11-3-5-14-12(9-11)17(7-8-22-14)16(21)10-1-2-10/h3,5,9-10H,1-2,4,6-8H2,(H,19,20). The highest BCUT2D eigenvalue weighted by Gasteiger charge is 2.36. The lowest BCUT2D eigenvalue weighted by Gasteiger charge is -2.30. The number of hydrogen-bond acceptors (Lipinski definition) is 4. The first kappa shape index (κ1) is 14.6. The molecule has 1 fully saturated rings. The van der Waals surface area contributed by atoms with Crippen molar-refractivity contribution >= 4 is 23.3 Å². The Labute approximate surface area is 127 Å². The molecule has 1 aliphatic heterocycles. The van der Waals surface area contributed by atoms with Gasteiger partial charge in [-0.25, -0.2) is 0 Å². The zero-order valence-corrected chi connectivity index (χ0v) is 12.1. The van der Waals surface area contributed by atoms with Crippen LogP contribution in [-0.2, 0) is 9.59 Å². The molecule has 1 saturated carbocycles. The van der Waals surface area contributed by atoms with E-state index in [2.05, 4.69) is 0 Å². The second-order valence-corrected chi connectivity index (χ2v) is 5.61. The second-order valence-electron chi connectivity index (χ2n) is 5.61. The Kier molecular flexibility index (Phi) is 3.83. The van der Waals surface area contributed by atoms with E-state index in [1.807, 2.05) is 0 Å². The molecular formula is C16H17NO5. The number of benzene rings is 1. The van der Waals surface area contributed by atoms with Crippen LogP contribution in [0.1, 0.15) is 36.0 Å². The number of aliphatic carboxylic acids is 1. The number of Topliss-reactive ketones (excluding diaryl/α,β-unsaturated/α-hetero) is 1. The number of carbonyl (C=O) groups is 3. The van der Waals surface area contributed by atoms with Crippen LogP contribution in [0.25, 0.3) is 0 Å². The molecule has 0 saturated heterocycles. The van der Waals surface area contributed by atoms with E-state index < -0.39 is 5.97 Å². The van der Waals surface area contributed by atoms with E-state index in [0.717, 1.165) is 12.8 Å². The van der Waals surface area contributed by atoms with E-state index in [4.69, 9.17) is 9.84 Å². The van der Waals surface area contributed by atoms with Gasteiger partial charge in [0.05, 0.1) is 18.7 Å². The first-order valence-corrected chi connectivity index (χ1v) is 7.39. The van der Waals surface area contributed by atoms with E-state index >= 15 is 0 Å². The van der Waals surface area contributed by atoms with Crippen LogP contribution in [0.4, 0.5) is 5.69 Å². The summed E-state index contributed by atoms with van der Waals surface area (Å²) in [6, 6.07) is 4.93. The molecule has 2 aliphatic rings. The molecule has 1 heterocycles. The van der Waals surface area contributed by atoms with Gasteiger partial charge in [0, 0.05) is 17.9 Å². The van der Waals surface area contributed by atoms with Crippen molar-refractivity contribution < 1.29 is 24.2 Å². The van der Waals surface area contributed by atoms with E-state index in [0.29, 0.717) is 30.2 Å². The minimum absolute atomic E-state index is 0.0501. The Morgan fingerprint density at radius 2 is 2.00 bits per heavy atom. The van der Waals surface area contributed by atoms with Crippen LogP contribution in [0, 0.1) is 5.92 Å². The maximum absolute atomic E-state index is 12.3. The van der Waals surface area contributed by atoms with Crippen molar-refractivity contribution in [3.63, 3.8) is 0 Å². The molecule has 1 aromatic carbocycles. The van der Waals surface area contributed by atoms with E-state index in [1.54, 1.807) is 23.1 Å². The first-order chi connectivity index (χ1) is 10.6. The molecule has 0 radical (unpaired) electrons. The average molecular weight is 303 g/mol. The summed E-state index contributed by atoms with van der Waals surface area (Å²) in [5.74, 6) is -0.471. The van der Waals surface area contributed by atoms with Gasteiger partial charge in [-0.3, -0.25) is 14.4 Å². The fraction of sp³-hybridized carbons (Fsp3) is 0.438. The van der Waals surface area contributed by atoms with Gasteiger partial charge in [-0.2, -0.15) is 0 Å². The van der Waals surface area contributed by atoms with Gasteiger partial charge in [0.15, 0.2) is 5.78 Å². The summed E-state index contributed by atoms with van der Waals surface area (Å²) >= 11 is 0. The lowest BCUT2D eigenvalue weighted by Crippen LogP contribution is -2.39. The summed E-state index contributed by atoms with van der Waals surface area (Å²) in [7, 11) is 0. The smallest absolute Gasteiger partial charge is 0.303 e. The summed E-state index contributed by atoms with van der Waals surface area (Å²) in [5.41, 5.74) is 1.03. The van der Waals surface area contributed by atoms with Crippen LogP contribution < -0.4 is 9.64 Å². The summed E-state index contributed by atoms with van der Waals surface area (Å²) in [6.07, 6.45) is 1.59. The number of anilines is 1. The highest BCUT2D eigenvalue weighted by molar-refractivity contribution is 6.02. The minimum Gasteiger partial charge on any atom is -0.490 e. The predicted molar refractivity (Wildman–Crippen MR) is 78.2 cm³/mol. The van der Waals surface area contributed by atoms with E-state index in [9.17, 15) is 14.4 Å². The van der Waals surface area contributed by atoms with Crippen molar-refractivity contribution in [2.45, 2.75) is 25.7 Å². The summed E-state index contributed by atoms with van der Waals surface area (Å²) < 4.78 is 5.54. The van der Waals surface area contributed by atoms with Gasteiger partial charge in [0.1, 0.15) is 12.4 Å². The minimum atomic E-state index is -1.000. The van der Waals surface area contributed by atoms with Crippen LogP contribution in [0.15, 0.2) is 18.2 Å². The number of ether oxygens (including phenoxy) is 1. The lowest BCUT2D eigenvalue weighted by molar-refractivity contribution is -0.137. The molecule has 0 unspecified atom stereocenters. The molecule has 116 valence electrons. The van der Waals surface area contributed by atoms with Crippen molar-refractivity contribution in [1.82, 2.24) is 0 Å². The zero-order chi connectivity index (χ0) is 15.7. The molecule has 1 aromatic rings. The Morgan fingerprint density at radius 1 is 1.23 bits per heavy atom. The normalized spacial score (nSPS) is 16.6. The van der Waals surface area contributed by atoms with Crippen LogP contribution in [0.5, 0.6) is 5.75 Å². The van der Waals surface area contributed by atoms with Crippen molar-refractivity contribution in [3.05, 3.63) is 23.8 Å². The Balaban J connectivity index is 1.83. The molecule has 1 amide bonds. The van der Waals surface area contributed by atoms with Crippen molar-refractivity contribution in [1.29, 1.82) is 0 Å². The first-order valence-electron chi connectivity index (χ1n) is 7.39. The summed E-state index contributed by atoms with van der Waals surface area (Å²) in [5, 5.41) is 8.66. The van der Waals surface area contributed by atoms with Crippen molar-refractivity contribution in [2.24, 2.45) is 5.92 Å². The number of amides is 1. The molecule has 0 atom stereocenters. The largest absolute Gasteiger partial charge is 0.490 e. The number of fused-ring (bicyclic) bond motifs is 1. The van der Waals surface area contributed by atoms with Gasteiger partial charge in [-0.15, -0.1) is 0 Å². The van der Waals surface area contributed by atoms with Gasteiger partial charge in [-0.05, 0) is 31.0 Å². The van der Waals surface area contributed by atoms with Gasteiger partial charge >= 0.3 is 5.97 Å². The van der Waals surface area contributed by atoms with Crippen LogP contribution in [-0.4, -0.2) is 35.9 Å². The quantitative estimate of drug-likeness (QED) is 0.839. The zero-order valence-electron chi connectivity index (χ0n) is 12.1. The average Bonchev–Trinajstić information content (AvgIpc) is 3.35. The molecule has 1 N–H and O–H groups in total. The third kappa shape index (κ3) is 2.95. The summed E-state index contributed by atoms with van der Waals surface area (Å²) in [4.78, 5) is 36.6. The molecule has 0 spiro atoms. The van der Waals surface area contributed by atoms with E-state index in [1.165, 1.54) is 0 Å². The maximum atomic E-state index is 12.3. The molecule has 1 aliphatic carbocycles. The molecule has 0 bridgehead atoms. The van der Waals surface area contributed by atoms with Gasteiger partial charge in [0.25, 0.3) is 0 Å². The second kappa shape index (κ2) is 5.79. The number of nitrogens with zero attached hydrogens (tertiary/aromatic N) is 1. The Morgan fingerprint density at radius 3 is 2.68 bits per heavy atom. The molecular weight excluding hydrogens is 286 g/mol. The third-order valence-corrected chi connectivity index (χ3v) is 3.90. The van der Waals surface area contributed by atoms with Gasteiger partial charge < -0.3 is 14.7 Å². The maximum Gasteiger partial charge on any atom is 0.303 e. The number of carboxylic acids is 1. The predicted octanol–water partition coefficient (Wildman–Crippen LogP) is 1.87. The molecule has 0 aromatic heterocycles. The number of rotatable bonds is 5. The van der Waals surface area contributed by atoms with Crippen molar-refractivity contribution in [3.8, 4) is 5.75 Å². The summed E-state index contributed by atoms with van der Waals surface area (Å²) in [6.45, 7) is 0.923.